The normalized spacial score (nSPS) is 10.0. The molecule has 0 bridgehead atoms. The van der Waals surface area contributed by atoms with Crippen LogP contribution in [0.5, 0.6) is 0 Å². The monoisotopic (exact) mass is 131 g/mol. The van der Waals surface area contributed by atoms with Crippen LogP contribution < -0.4 is 0 Å². The Balaban J connectivity index is 2.76. The van der Waals surface area contributed by atoms with Crippen LogP contribution >= 0.6 is 0 Å². The zero-order valence-corrected chi connectivity index (χ0v) is 5.45. The number of allylic oxidation sites excluding steroid dienone is 1. The third-order valence-electron chi connectivity index (χ3n) is 1.14. The molecule has 0 atom stereocenters. The second-order valence-corrected chi connectivity index (χ2v) is 1.86. The van der Waals surface area contributed by atoms with Gasteiger partial charge in [-0.3, -0.25) is 4.79 Å². The fraction of sp³-hybridized carbons (Fsp3) is 0. The standard InChI is InChI=1S/C9H7O/c10-8-4-7-9-5-2-1-3-6-9/h1-7H/b7-4+. The molecule has 0 aliphatic rings. The summed E-state index contributed by atoms with van der Waals surface area (Å²) < 4.78 is 0. The first-order chi connectivity index (χ1) is 4.93. The topological polar surface area (TPSA) is 17.1 Å². The van der Waals surface area contributed by atoms with E-state index in [1.54, 1.807) is 12.4 Å². The third kappa shape index (κ3) is 1.86. The van der Waals surface area contributed by atoms with Gasteiger partial charge in [-0.05, 0) is 11.6 Å². The molecule has 0 saturated carbocycles. The molecular formula is C9H7O. The molecule has 1 heteroatoms. The van der Waals surface area contributed by atoms with Crippen molar-refractivity contribution < 1.29 is 4.79 Å². The summed E-state index contributed by atoms with van der Waals surface area (Å²) in [5.41, 5.74) is 1.02. The zero-order valence-electron chi connectivity index (χ0n) is 5.45. The van der Waals surface area contributed by atoms with Crippen molar-refractivity contribution in [2.24, 2.45) is 0 Å². The van der Waals surface area contributed by atoms with Gasteiger partial charge in [0.1, 0.15) is 0 Å². The highest BCUT2D eigenvalue weighted by molar-refractivity contribution is 5.74. The minimum Gasteiger partial charge on any atom is -0.286 e. The lowest BCUT2D eigenvalue weighted by atomic mass is 10.2. The first kappa shape index (κ1) is 6.75. The molecule has 0 unspecified atom stereocenters. The van der Waals surface area contributed by atoms with Crippen molar-refractivity contribution in [3.05, 3.63) is 42.0 Å². The van der Waals surface area contributed by atoms with Gasteiger partial charge in [0, 0.05) is 0 Å². The minimum atomic E-state index is 1.02. The summed E-state index contributed by atoms with van der Waals surface area (Å²) in [6.07, 6.45) is 4.76. The molecule has 0 fully saturated rings. The van der Waals surface area contributed by atoms with Crippen molar-refractivity contribution in [3.8, 4) is 0 Å². The highest BCUT2D eigenvalue weighted by atomic mass is 16.1. The molecule has 0 saturated heterocycles. The molecule has 0 aliphatic carbocycles. The number of rotatable bonds is 2. The van der Waals surface area contributed by atoms with Crippen molar-refractivity contribution in [1.29, 1.82) is 0 Å². The van der Waals surface area contributed by atoms with E-state index in [1.807, 2.05) is 30.3 Å². The number of hydrogen-bond acceptors (Lipinski definition) is 1. The number of hydrogen-bond donors (Lipinski definition) is 0. The fourth-order valence-corrected chi connectivity index (χ4v) is 0.694. The molecule has 1 aromatic carbocycles. The Morgan fingerprint density at radius 3 is 2.50 bits per heavy atom. The average Bonchev–Trinajstić information content (AvgIpc) is 2.03. The molecule has 1 aromatic rings. The zero-order chi connectivity index (χ0) is 7.23. The second kappa shape index (κ2) is 3.62. The summed E-state index contributed by atoms with van der Waals surface area (Å²) in [6.45, 7) is 0. The SMILES string of the molecule is O=[C]/C=C/c1ccccc1. The van der Waals surface area contributed by atoms with Crippen LogP contribution in [0.2, 0.25) is 0 Å². The Bertz CT molecular complexity index is 224. The molecule has 0 N–H and O–H groups in total. The maximum atomic E-state index is 9.77. The van der Waals surface area contributed by atoms with Gasteiger partial charge in [0.05, 0.1) is 0 Å². The minimum absolute atomic E-state index is 1.02. The summed E-state index contributed by atoms with van der Waals surface area (Å²) >= 11 is 0. The lowest BCUT2D eigenvalue weighted by Crippen LogP contribution is -1.67. The first-order valence-corrected chi connectivity index (χ1v) is 3.03. The molecule has 10 heavy (non-hydrogen) atoms. The Morgan fingerprint density at radius 1 is 1.20 bits per heavy atom. The lowest BCUT2D eigenvalue weighted by Gasteiger charge is -1.86. The van der Waals surface area contributed by atoms with Crippen LogP contribution in [0.4, 0.5) is 0 Å². The van der Waals surface area contributed by atoms with Crippen molar-refractivity contribution in [3.63, 3.8) is 0 Å². The van der Waals surface area contributed by atoms with Crippen molar-refractivity contribution in [2.45, 2.75) is 0 Å². The first-order valence-electron chi connectivity index (χ1n) is 3.03. The Kier molecular flexibility index (Phi) is 2.44. The lowest BCUT2D eigenvalue weighted by molar-refractivity contribution is 0.564. The van der Waals surface area contributed by atoms with Gasteiger partial charge in [0.15, 0.2) is 0 Å². The van der Waals surface area contributed by atoms with Gasteiger partial charge in [0.2, 0.25) is 6.29 Å². The summed E-state index contributed by atoms with van der Waals surface area (Å²) in [4.78, 5) is 9.77. The molecule has 49 valence electrons. The van der Waals surface area contributed by atoms with Gasteiger partial charge in [-0.2, -0.15) is 0 Å². The van der Waals surface area contributed by atoms with E-state index < -0.39 is 0 Å². The molecule has 1 nitrogen and oxygen atoms in total. The van der Waals surface area contributed by atoms with E-state index >= 15 is 0 Å². The molecule has 1 radical (unpaired) electrons. The predicted molar refractivity (Wildman–Crippen MR) is 41.2 cm³/mol. The Hall–Kier alpha value is -1.37. The predicted octanol–water partition coefficient (Wildman–Crippen LogP) is 1.81. The molecule has 1 rings (SSSR count). The van der Waals surface area contributed by atoms with Crippen molar-refractivity contribution >= 4 is 12.4 Å². The van der Waals surface area contributed by atoms with Gasteiger partial charge >= 0.3 is 0 Å². The fourth-order valence-electron chi connectivity index (χ4n) is 0.694. The van der Waals surface area contributed by atoms with Gasteiger partial charge in [-0.15, -0.1) is 0 Å². The van der Waals surface area contributed by atoms with Crippen molar-refractivity contribution in [2.75, 3.05) is 0 Å². The van der Waals surface area contributed by atoms with Gasteiger partial charge in [-0.25, -0.2) is 0 Å². The van der Waals surface area contributed by atoms with E-state index in [1.165, 1.54) is 6.08 Å². The van der Waals surface area contributed by atoms with E-state index in [0.717, 1.165) is 5.56 Å². The highest BCUT2D eigenvalue weighted by Crippen LogP contribution is 1.99. The quantitative estimate of drug-likeness (QED) is 0.559. The van der Waals surface area contributed by atoms with E-state index in [4.69, 9.17) is 0 Å². The molecule has 0 aliphatic heterocycles. The average molecular weight is 131 g/mol. The molecule has 0 amide bonds. The third-order valence-corrected chi connectivity index (χ3v) is 1.14. The number of benzene rings is 1. The molecular weight excluding hydrogens is 124 g/mol. The molecule has 0 aromatic heterocycles. The van der Waals surface area contributed by atoms with E-state index in [2.05, 4.69) is 0 Å². The van der Waals surface area contributed by atoms with Gasteiger partial charge in [0.25, 0.3) is 0 Å². The van der Waals surface area contributed by atoms with Crippen LogP contribution in [0.1, 0.15) is 5.56 Å². The van der Waals surface area contributed by atoms with Crippen LogP contribution in [0.15, 0.2) is 36.4 Å². The van der Waals surface area contributed by atoms with Crippen LogP contribution in [0.25, 0.3) is 6.08 Å². The Morgan fingerprint density at radius 2 is 1.90 bits per heavy atom. The smallest absolute Gasteiger partial charge is 0.225 e. The van der Waals surface area contributed by atoms with Crippen LogP contribution in [-0.2, 0) is 4.79 Å². The van der Waals surface area contributed by atoms with Crippen LogP contribution in [-0.4, -0.2) is 6.29 Å². The number of carbonyl (C=O) groups excluding carboxylic acids is 1. The molecule has 0 spiro atoms. The van der Waals surface area contributed by atoms with Crippen LogP contribution in [0, 0.1) is 0 Å². The maximum absolute atomic E-state index is 9.77. The summed E-state index contributed by atoms with van der Waals surface area (Å²) in [6, 6.07) is 9.62. The maximum Gasteiger partial charge on any atom is 0.225 e. The summed E-state index contributed by atoms with van der Waals surface area (Å²) in [7, 11) is 0. The van der Waals surface area contributed by atoms with Gasteiger partial charge in [-0.1, -0.05) is 36.4 Å². The van der Waals surface area contributed by atoms with Crippen LogP contribution in [0.3, 0.4) is 0 Å². The van der Waals surface area contributed by atoms with Crippen molar-refractivity contribution in [1.82, 2.24) is 0 Å². The van der Waals surface area contributed by atoms with E-state index in [9.17, 15) is 4.79 Å². The summed E-state index contributed by atoms with van der Waals surface area (Å²) in [5.74, 6) is 0. The second-order valence-electron chi connectivity index (χ2n) is 1.86. The summed E-state index contributed by atoms with van der Waals surface area (Å²) in [5, 5.41) is 0. The van der Waals surface area contributed by atoms with Gasteiger partial charge < -0.3 is 0 Å². The highest BCUT2D eigenvalue weighted by Gasteiger charge is 1.79. The molecule has 0 heterocycles. The van der Waals surface area contributed by atoms with E-state index in [0.29, 0.717) is 0 Å². The largest absolute Gasteiger partial charge is 0.286 e. The Labute approximate surface area is 60.0 Å². The van der Waals surface area contributed by atoms with E-state index in [-0.39, 0.29) is 0 Å².